The molecule has 0 fully saturated rings. The maximum Gasteiger partial charge on any atom is 0.141 e. The molecule has 3 rings (SSSR count). The van der Waals surface area contributed by atoms with Gasteiger partial charge in [0, 0.05) is 12.3 Å². The molecule has 0 N–H and O–H groups in total. The lowest BCUT2D eigenvalue weighted by molar-refractivity contribution is -0.121. The summed E-state index contributed by atoms with van der Waals surface area (Å²) < 4.78 is 4.99. The summed E-state index contributed by atoms with van der Waals surface area (Å²) in [4.78, 5) is 12.1. The predicted octanol–water partition coefficient (Wildman–Crippen LogP) is 2.81. The Hall–Kier alpha value is -1.83. The molecule has 2 aromatic rings. The van der Waals surface area contributed by atoms with E-state index >= 15 is 0 Å². The Morgan fingerprint density at radius 3 is 2.47 bits per heavy atom. The van der Waals surface area contributed by atoms with Gasteiger partial charge in [0.25, 0.3) is 0 Å². The number of carbonyl (C=O) groups excluding carboxylic acids is 1. The second-order valence-corrected chi connectivity index (χ2v) is 4.65. The largest absolute Gasteiger partial charge is 0.472 e. The maximum atomic E-state index is 12.1. The van der Waals surface area contributed by atoms with Crippen molar-refractivity contribution in [3.8, 4) is 0 Å². The number of rotatable bonds is 3. The van der Waals surface area contributed by atoms with E-state index in [0.717, 1.165) is 18.4 Å². The minimum atomic E-state index is 0.155. The topological polar surface area (TPSA) is 30.2 Å². The van der Waals surface area contributed by atoms with E-state index in [0.29, 0.717) is 12.2 Å². The molecule has 0 amide bonds. The van der Waals surface area contributed by atoms with Crippen molar-refractivity contribution in [1.82, 2.24) is 0 Å². The minimum Gasteiger partial charge on any atom is -0.472 e. The zero-order valence-corrected chi connectivity index (χ0v) is 9.56. The van der Waals surface area contributed by atoms with E-state index in [9.17, 15) is 4.79 Å². The van der Waals surface area contributed by atoms with Crippen LogP contribution in [0.2, 0.25) is 0 Å². The predicted molar refractivity (Wildman–Crippen MR) is 64.8 cm³/mol. The van der Waals surface area contributed by atoms with Crippen LogP contribution in [0.1, 0.15) is 16.7 Å². The standard InChI is InChI=1S/C15H14O2/c16-15(7-11-5-6-17-10-11)14-8-12-3-1-2-4-13(12)9-14/h1-6,10,14H,7-9H2. The highest BCUT2D eigenvalue weighted by atomic mass is 16.3. The third kappa shape index (κ3) is 2.03. The molecule has 1 aliphatic carbocycles. The Bertz CT molecular complexity index is 501. The lowest BCUT2D eigenvalue weighted by atomic mass is 9.96. The van der Waals surface area contributed by atoms with Crippen molar-refractivity contribution in [2.45, 2.75) is 19.3 Å². The van der Waals surface area contributed by atoms with Gasteiger partial charge in [-0.05, 0) is 35.6 Å². The molecule has 2 nitrogen and oxygen atoms in total. The Morgan fingerprint density at radius 2 is 1.88 bits per heavy atom. The number of fused-ring (bicyclic) bond motifs is 1. The fourth-order valence-corrected chi connectivity index (χ4v) is 2.53. The van der Waals surface area contributed by atoms with Crippen LogP contribution >= 0.6 is 0 Å². The first-order valence-corrected chi connectivity index (χ1v) is 5.93. The summed E-state index contributed by atoms with van der Waals surface area (Å²) in [6, 6.07) is 10.2. The molecule has 0 radical (unpaired) electrons. The molecule has 1 aromatic carbocycles. The van der Waals surface area contributed by atoms with Gasteiger partial charge in [0.05, 0.1) is 12.5 Å². The number of benzene rings is 1. The van der Waals surface area contributed by atoms with Gasteiger partial charge in [-0.15, -0.1) is 0 Å². The Balaban J connectivity index is 1.70. The lowest BCUT2D eigenvalue weighted by Gasteiger charge is -2.06. The third-order valence-corrected chi connectivity index (χ3v) is 3.46. The second-order valence-electron chi connectivity index (χ2n) is 4.65. The molecule has 1 heterocycles. The smallest absolute Gasteiger partial charge is 0.141 e. The summed E-state index contributed by atoms with van der Waals surface area (Å²) in [6.45, 7) is 0. The monoisotopic (exact) mass is 226 g/mol. The summed E-state index contributed by atoms with van der Waals surface area (Å²) in [7, 11) is 0. The van der Waals surface area contributed by atoms with Crippen LogP contribution < -0.4 is 0 Å². The highest BCUT2D eigenvalue weighted by Gasteiger charge is 2.26. The van der Waals surface area contributed by atoms with Gasteiger partial charge in [-0.25, -0.2) is 0 Å². The van der Waals surface area contributed by atoms with E-state index in [-0.39, 0.29) is 5.92 Å². The molecule has 17 heavy (non-hydrogen) atoms. The normalized spacial score (nSPS) is 14.8. The van der Waals surface area contributed by atoms with Crippen LogP contribution in [0.15, 0.2) is 47.3 Å². The van der Waals surface area contributed by atoms with Gasteiger partial charge in [0.2, 0.25) is 0 Å². The molecule has 0 unspecified atom stereocenters. The van der Waals surface area contributed by atoms with Crippen molar-refractivity contribution < 1.29 is 9.21 Å². The average Bonchev–Trinajstić information content (AvgIpc) is 2.96. The Kier molecular flexibility index (Phi) is 2.56. The van der Waals surface area contributed by atoms with Gasteiger partial charge >= 0.3 is 0 Å². The van der Waals surface area contributed by atoms with Crippen molar-refractivity contribution >= 4 is 5.78 Å². The molecule has 2 heteroatoms. The number of hydrogen-bond donors (Lipinski definition) is 0. The molecule has 0 saturated carbocycles. The SMILES string of the molecule is O=C(Cc1ccoc1)C1Cc2ccccc2C1. The molecule has 0 atom stereocenters. The number of carbonyl (C=O) groups is 1. The van der Waals surface area contributed by atoms with Gasteiger partial charge in [-0.3, -0.25) is 4.79 Å². The molecule has 1 aromatic heterocycles. The summed E-state index contributed by atoms with van der Waals surface area (Å²) in [5, 5.41) is 0. The lowest BCUT2D eigenvalue weighted by Crippen LogP contribution is -2.16. The number of Topliss-reactive ketones (excluding diaryl/α,β-unsaturated/α-hetero) is 1. The van der Waals surface area contributed by atoms with Crippen molar-refractivity contribution in [3.63, 3.8) is 0 Å². The summed E-state index contributed by atoms with van der Waals surface area (Å²) in [5.41, 5.74) is 3.64. The van der Waals surface area contributed by atoms with Crippen LogP contribution in [0.25, 0.3) is 0 Å². The number of furan rings is 1. The average molecular weight is 226 g/mol. The fraction of sp³-hybridized carbons (Fsp3) is 0.267. The van der Waals surface area contributed by atoms with Crippen LogP contribution in [-0.4, -0.2) is 5.78 Å². The number of ketones is 1. The van der Waals surface area contributed by atoms with E-state index in [2.05, 4.69) is 12.1 Å². The van der Waals surface area contributed by atoms with Crippen LogP contribution in [0.4, 0.5) is 0 Å². The highest BCUT2D eigenvalue weighted by Crippen LogP contribution is 2.27. The molecular formula is C15H14O2. The van der Waals surface area contributed by atoms with Crippen LogP contribution in [0, 0.1) is 5.92 Å². The molecule has 1 aliphatic rings. The van der Waals surface area contributed by atoms with Crippen molar-refractivity contribution in [2.75, 3.05) is 0 Å². The molecule has 0 saturated heterocycles. The number of hydrogen-bond acceptors (Lipinski definition) is 2. The molecule has 0 aliphatic heterocycles. The summed E-state index contributed by atoms with van der Waals surface area (Å²) >= 11 is 0. The van der Waals surface area contributed by atoms with Gasteiger partial charge in [-0.1, -0.05) is 24.3 Å². The molecule has 0 spiro atoms. The van der Waals surface area contributed by atoms with E-state index in [1.807, 2.05) is 18.2 Å². The van der Waals surface area contributed by atoms with Crippen LogP contribution in [0.5, 0.6) is 0 Å². The van der Waals surface area contributed by atoms with Crippen molar-refractivity contribution in [1.29, 1.82) is 0 Å². The van der Waals surface area contributed by atoms with E-state index in [1.54, 1.807) is 12.5 Å². The summed E-state index contributed by atoms with van der Waals surface area (Å²) in [5.74, 6) is 0.477. The maximum absolute atomic E-state index is 12.1. The van der Waals surface area contributed by atoms with E-state index < -0.39 is 0 Å². The first-order chi connectivity index (χ1) is 8.33. The minimum absolute atomic E-state index is 0.155. The van der Waals surface area contributed by atoms with Crippen molar-refractivity contribution in [2.24, 2.45) is 5.92 Å². The Labute approximate surface area is 100 Å². The van der Waals surface area contributed by atoms with Gasteiger partial charge in [0.1, 0.15) is 5.78 Å². The van der Waals surface area contributed by atoms with Crippen LogP contribution in [-0.2, 0) is 24.1 Å². The Morgan fingerprint density at radius 1 is 1.18 bits per heavy atom. The zero-order chi connectivity index (χ0) is 11.7. The van der Waals surface area contributed by atoms with Gasteiger partial charge in [-0.2, -0.15) is 0 Å². The molecular weight excluding hydrogens is 212 g/mol. The fourth-order valence-electron chi connectivity index (χ4n) is 2.53. The van der Waals surface area contributed by atoms with Gasteiger partial charge in [0.15, 0.2) is 0 Å². The van der Waals surface area contributed by atoms with E-state index in [4.69, 9.17) is 4.42 Å². The summed E-state index contributed by atoms with van der Waals surface area (Å²) in [6.07, 6.45) is 5.56. The molecule has 86 valence electrons. The van der Waals surface area contributed by atoms with Crippen molar-refractivity contribution in [3.05, 3.63) is 59.5 Å². The zero-order valence-electron chi connectivity index (χ0n) is 9.56. The van der Waals surface area contributed by atoms with E-state index in [1.165, 1.54) is 11.1 Å². The quantitative estimate of drug-likeness (QED) is 0.805. The highest BCUT2D eigenvalue weighted by molar-refractivity contribution is 5.84. The van der Waals surface area contributed by atoms with Crippen LogP contribution in [0.3, 0.4) is 0 Å². The molecule has 0 bridgehead atoms. The van der Waals surface area contributed by atoms with Gasteiger partial charge < -0.3 is 4.42 Å². The third-order valence-electron chi connectivity index (χ3n) is 3.46. The first-order valence-electron chi connectivity index (χ1n) is 5.93. The second kappa shape index (κ2) is 4.21. The first kappa shape index (κ1) is 10.3.